The van der Waals surface area contributed by atoms with Gasteiger partial charge in [0, 0.05) is 25.2 Å². The molecular formula is C12H15N3O2. The van der Waals surface area contributed by atoms with Gasteiger partial charge in [-0.15, -0.1) is 0 Å². The Bertz CT molecular complexity index is 445. The molecule has 0 saturated carbocycles. The molecule has 4 N–H and O–H groups in total. The molecule has 1 atom stereocenters. The fraction of sp³-hybridized carbons (Fsp3) is 0.333. The molecule has 90 valence electrons. The predicted octanol–water partition coefficient (Wildman–Crippen LogP) is 0.187. The van der Waals surface area contributed by atoms with Gasteiger partial charge >= 0.3 is 0 Å². The average molecular weight is 233 g/mol. The van der Waals surface area contributed by atoms with Gasteiger partial charge in [0.05, 0.1) is 5.92 Å². The summed E-state index contributed by atoms with van der Waals surface area (Å²) < 4.78 is 0. The number of amides is 2. The molecule has 0 saturated heterocycles. The number of carbonyl (C=O) groups is 2. The number of benzene rings is 1. The molecule has 0 fully saturated rings. The molecule has 0 aromatic heterocycles. The first-order chi connectivity index (χ1) is 8.18. The number of hydrogen-bond acceptors (Lipinski definition) is 3. The number of nitrogens with one attached hydrogen (secondary N) is 2. The maximum atomic E-state index is 11.9. The molecule has 1 aliphatic heterocycles. The quantitative estimate of drug-likeness (QED) is 0.694. The van der Waals surface area contributed by atoms with Crippen LogP contribution in [0.1, 0.15) is 17.9 Å². The Kier molecular flexibility index (Phi) is 3.27. The zero-order valence-electron chi connectivity index (χ0n) is 9.40. The van der Waals surface area contributed by atoms with Crippen LogP contribution in [-0.4, -0.2) is 24.9 Å². The molecule has 1 heterocycles. The first-order valence-corrected chi connectivity index (χ1v) is 5.57. The van der Waals surface area contributed by atoms with Crippen molar-refractivity contribution in [1.29, 1.82) is 0 Å². The van der Waals surface area contributed by atoms with E-state index in [1.54, 1.807) is 0 Å². The van der Waals surface area contributed by atoms with Gasteiger partial charge in [-0.1, -0.05) is 18.2 Å². The van der Waals surface area contributed by atoms with Crippen LogP contribution in [0.4, 0.5) is 5.69 Å². The standard InChI is InChI=1S/C12H15N3O2/c13-11(16)5-6-14-12(17)9-7-15-10-4-2-1-3-8(9)10/h1-4,9,15H,5-7H2,(H2,13,16)(H,14,17). The SMILES string of the molecule is NC(=O)CCNC(=O)C1CNc2ccccc21. The van der Waals surface area contributed by atoms with E-state index in [1.165, 1.54) is 0 Å². The molecule has 1 aromatic carbocycles. The average Bonchev–Trinajstić information content (AvgIpc) is 2.72. The molecule has 2 amide bonds. The largest absolute Gasteiger partial charge is 0.384 e. The summed E-state index contributed by atoms with van der Waals surface area (Å²) >= 11 is 0. The highest BCUT2D eigenvalue weighted by Gasteiger charge is 2.27. The van der Waals surface area contributed by atoms with Gasteiger partial charge in [0.2, 0.25) is 11.8 Å². The first kappa shape index (κ1) is 11.4. The van der Waals surface area contributed by atoms with Crippen molar-refractivity contribution in [3.05, 3.63) is 29.8 Å². The molecule has 5 nitrogen and oxygen atoms in total. The van der Waals surface area contributed by atoms with E-state index in [9.17, 15) is 9.59 Å². The Balaban J connectivity index is 1.96. The van der Waals surface area contributed by atoms with Gasteiger partial charge in [-0.3, -0.25) is 9.59 Å². The van der Waals surface area contributed by atoms with Crippen LogP contribution in [0.5, 0.6) is 0 Å². The van der Waals surface area contributed by atoms with Crippen LogP contribution < -0.4 is 16.4 Å². The molecule has 17 heavy (non-hydrogen) atoms. The smallest absolute Gasteiger partial charge is 0.229 e. The van der Waals surface area contributed by atoms with Crippen molar-refractivity contribution in [2.75, 3.05) is 18.4 Å². The van der Waals surface area contributed by atoms with Crippen LogP contribution in [0.3, 0.4) is 0 Å². The summed E-state index contributed by atoms with van der Waals surface area (Å²) in [4.78, 5) is 22.4. The molecule has 2 rings (SSSR count). The van der Waals surface area contributed by atoms with Crippen molar-refractivity contribution >= 4 is 17.5 Å². The number of hydrogen-bond donors (Lipinski definition) is 3. The lowest BCUT2D eigenvalue weighted by Crippen LogP contribution is -2.32. The van der Waals surface area contributed by atoms with E-state index >= 15 is 0 Å². The maximum absolute atomic E-state index is 11.9. The Morgan fingerprint density at radius 3 is 2.94 bits per heavy atom. The van der Waals surface area contributed by atoms with E-state index in [-0.39, 0.29) is 18.2 Å². The first-order valence-electron chi connectivity index (χ1n) is 5.57. The third-order valence-electron chi connectivity index (χ3n) is 2.82. The second-order valence-corrected chi connectivity index (χ2v) is 4.03. The lowest BCUT2D eigenvalue weighted by atomic mass is 10.0. The van der Waals surface area contributed by atoms with Crippen molar-refractivity contribution in [2.45, 2.75) is 12.3 Å². The second-order valence-electron chi connectivity index (χ2n) is 4.03. The minimum absolute atomic E-state index is 0.0660. The fourth-order valence-corrected chi connectivity index (χ4v) is 1.95. The van der Waals surface area contributed by atoms with E-state index in [0.717, 1.165) is 11.3 Å². The van der Waals surface area contributed by atoms with Crippen LogP contribution >= 0.6 is 0 Å². The summed E-state index contributed by atoms with van der Waals surface area (Å²) in [5.74, 6) is -0.655. The van der Waals surface area contributed by atoms with Gasteiger partial charge in [-0.25, -0.2) is 0 Å². The maximum Gasteiger partial charge on any atom is 0.229 e. The van der Waals surface area contributed by atoms with Crippen LogP contribution in [0, 0.1) is 0 Å². The molecule has 1 aliphatic rings. The van der Waals surface area contributed by atoms with Gasteiger partial charge < -0.3 is 16.4 Å². The van der Waals surface area contributed by atoms with Crippen molar-refractivity contribution in [3.8, 4) is 0 Å². The highest BCUT2D eigenvalue weighted by molar-refractivity contribution is 5.88. The third-order valence-corrected chi connectivity index (χ3v) is 2.82. The molecule has 0 aliphatic carbocycles. The van der Waals surface area contributed by atoms with Crippen LogP contribution in [0.2, 0.25) is 0 Å². The van der Waals surface area contributed by atoms with Crippen molar-refractivity contribution in [2.24, 2.45) is 5.73 Å². The molecule has 1 aromatic rings. The van der Waals surface area contributed by atoms with E-state index in [2.05, 4.69) is 10.6 Å². The van der Waals surface area contributed by atoms with Crippen LogP contribution in [-0.2, 0) is 9.59 Å². The van der Waals surface area contributed by atoms with Gasteiger partial charge in [0.15, 0.2) is 0 Å². The van der Waals surface area contributed by atoms with E-state index in [4.69, 9.17) is 5.73 Å². The van der Waals surface area contributed by atoms with E-state index in [1.807, 2.05) is 24.3 Å². The fourth-order valence-electron chi connectivity index (χ4n) is 1.95. The van der Waals surface area contributed by atoms with Gasteiger partial charge in [-0.2, -0.15) is 0 Å². The van der Waals surface area contributed by atoms with Crippen LogP contribution in [0.25, 0.3) is 0 Å². The molecule has 5 heteroatoms. The highest BCUT2D eigenvalue weighted by Crippen LogP contribution is 2.30. The molecular weight excluding hydrogens is 218 g/mol. The summed E-state index contributed by atoms with van der Waals surface area (Å²) in [6.07, 6.45) is 0.174. The summed E-state index contributed by atoms with van der Waals surface area (Å²) in [5, 5.41) is 5.89. The van der Waals surface area contributed by atoms with E-state index in [0.29, 0.717) is 13.1 Å². The van der Waals surface area contributed by atoms with Crippen molar-refractivity contribution < 1.29 is 9.59 Å². The van der Waals surface area contributed by atoms with E-state index < -0.39 is 5.91 Å². The number of nitrogens with two attached hydrogens (primary N) is 1. The minimum Gasteiger partial charge on any atom is -0.384 e. The second kappa shape index (κ2) is 4.86. The number of anilines is 1. The lowest BCUT2D eigenvalue weighted by molar-refractivity contribution is -0.122. The molecule has 0 radical (unpaired) electrons. The number of fused-ring (bicyclic) bond motifs is 1. The van der Waals surface area contributed by atoms with Crippen LogP contribution in [0.15, 0.2) is 24.3 Å². The minimum atomic E-state index is -0.407. The molecule has 0 spiro atoms. The van der Waals surface area contributed by atoms with Gasteiger partial charge in [-0.05, 0) is 11.6 Å². The topological polar surface area (TPSA) is 84.2 Å². The Labute approximate surface area is 99.4 Å². The van der Waals surface area contributed by atoms with Gasteiger partial charge in [0.1, 0.15) is 0 Å². The molecule has 0 bridgehead atoms. The lowest BCUT2D eigenvalue weighted by Gasteiger charge is -2.10. The zero-order valence-corrected chi connectivity index (χ0v) is 9.40. The predicted molar refractivity (Wildman–Crippen MR) is 64.5 cm³/mol. The number of para-hydroxylation sites is 1. The van der Waals surface area contributed by atoms with Crippen molar-refractivity contribution in [3.63, 3.8) is 0 Å². The Morgan fingerprint density at radius 2 is 2.18 bits per heavy atom. The third kappa shape index (κ3) is 2.55. The summed E-state index contributed by atoms with van der Waals surface area (Å²) in [7, 11) is 0. The summed E-state index contributed by atoms with van der Waals surface area (Å²) in [5.41, 5.74) is 7.01. The summed E-state index contributed by atoms with van der Waals surface area (Å²) in [6.45, 7) is 0.897. The number of primary amides is 1. The van der Waals surface area contributed by atoms with Gasteiger partial charge in [0.25, 0.3) is 0 Å². The van der Waals surface area contributed by atoms with Crippen molar-refractivity contribution in [1.82, 2.24) is 5.32 Å². The molecule has 1 unspecified atom stereocenters. The number of carbonyl (C=O) groups excluding carboxylic acids is 2. The Morgan fingerprint density at radius 1 is 1.41 bits per heavy atom. The number of rotatable bonds is 4. The zero-order chi connectivity index (χ0) is 12.3. The monoisotopic (exact) mass is 233 g/mol. The Hall–Kier alpha value is -2.04. The normalized spacial score (nSPS) is 17.1. The summed E-state index contributed by atoms with van der Waals surface area (Å²) in [6, 6.07) is 7.73. The highest BCUT2D eigenvalue weighted by atomic mass is 16.2.